The van der Waals surface area contributed by atoms with Crippen molar-refractivity contribution in [1.82, 2.24) is 0 Å². The van der Waals surface area contributed by atoms with Crippen LogP contribution in [0.25, 0.3) is 11.0 Å². The molecule has 4 rings (SSSR count). The maximum Gasteiger partial charge on any atom is 0.360 e. The number of carbonyl (C=O) groups is 4. The zero-order valence-electron chi connectivity index (χ0n) is 14.3. The topological polar surface area (TPSA) is 105 Å². The van der Waals surface area contributed by atoms with Crippen molar-refractivity contribution in [2.75, 3.05) is 9.80 Å². The number of imide groups is 2. The van der Waals surface area contributed by atoms with E-state index in [-0.39, 0.29) is 16.8 Å². The van der Waals surface area contributed by atoms with Gasteiger partial charge in [-0.3, -0.25) is 19.2 Å². The lowest BCUT2D eigenvalue weighted by atomic mass is 10.2. The molecule has 2 aliphatic heterocycles. The fourth-order valence-electron chi connectivity index (χ4n) is 3.04. The Kier molecular flexibility index (Phi) is 3.45. The predicted octanol–water partition coefficient (Wildman–Crippen LogP) is 1.43. The Bertz CT molecular complexity index is 1200. The number of anilines is 2. The van der Waals surface area contributed by atoms with Gasteiger partial charge in [-0.25, -0.2) is 14.6 Å². The van der Waals surface area contributed by atoms with Crippen molar-refractivity contribution >= 4 is 46.0 Å². The molecule has 0 unspecified atom stereocenters. The van der Waals surface area contributed by atoms with Gasteiger partial charge in [-0.15, -0.1) is 0 Å². The standard InChI is InChI=1S/C19H12N2O6/c1-9-5-15(22)20(17(9)24)12-3-4-14-11(7-12)8-13(19(26)27-14)21-16(23)6-10(2)18(21)25/h3-8H,1-2H3. The van der Waals surface area contributed by atoms with Crippen LogP contribution in [0.5, 0.6) is 0 Å². The first-order valence-electron chi connectivity index (χ1n) is 7.99. The second-order valence-corrected chi connectivity index (χ2v) is 6.25. The van der Waals surface area contributed by atoms with Gasteiger partial charge in [0.2, 0.25) is 0 Å². The molecule has 2 aliphatic rings. The van der Waals surface area contributed by atoms with Crippen molar-refractivity contribution in [3.63, 3.8) is 0 Å². The van der Waals surface area contributed by atoms with E-state index in [2.05, 4.69) is 0 Å². The van der Waals surface area contributed by atoms with Gasteiger partial charge >= 0.3 is 5.63 Å². The quantitative estimate of drug-likeness (QED) is 0.590. The van der Waals surface area contributed by atoms with E-state index in [4.69, 9.17) is 4.42 Å². The summed E-state index contributed by atoms with van der Waals surface area (Å²) in [6.45, 7) is 3.01. The third-order valence-corrected chi connectivity index (χ3v) is 4.40. The molecule has 2 aromatic rings. The molecule has 0 saturated carbocycles. The number of benzene rings is 1. The number of nitrogens with zero attached hydrogens (tertiary/aromatic N) is 2. The Balaban J connectivity index is 1.83. The second-order valence-electron chi connectivity index (χ2n) is 6.25. The zero-order chi connectivity index (χ0) is 19.5. The number of hydrogen-bond acceptors (Lipinski definition) is 6. The average molecular weight is 364 g/mol. The van der Waals surface area contributed by atoms with Crippen LogP contribution in [-0.4, -0.2) is 23.6 Å². The monoisotopic (exact) mass is 364 g/mol. The van der Waals surface area contributed by atoms with E-state index >= 15 is 0 Å². The van der Waals surface area contributed by atoms with Crippen molar-refractivity contribution in [2.24, 2.45) is 0 Å². The molecule has 1 aromatic heterocycles. The predicted molar refractivity (Wildman–Crippen MR) is 95.0 cm³/mol. The average Bonchev–Trinajstić information content (AvgIpc) is 3.01. The largest absolute Gasteiger partial charge is 0.421 e. The molecule has 8 heteroatoms. The van der Waals surface area contributed by atoms with Crippen LogP contribution in [-0.2, 0) is 19.2 Å². The van der Waals surface area contributed by atoms with Crippen molar-refractivity contribution in [3.8, 4) is 0 Å². The zero-order valence-corrected chi connectivity index (χ0v) is 14.3. The molecule has 4 amide bonds. The van der Waals surface area contributed by atoms with E-state index in [1.807, 2.05) is 0 Å². The van der Waals surface area contributed by atoms with E-state index in [1.54, 1.807) is 6.92 Å². The smallest absolute Gasteiger partial charge is 0.360 e. The highest BCUT2D eigenvalue weighted by atomic mass is 16.4. The summed E-state index contributed by atoms with van der Waals surface area (Å²) >= 11 is 0. The lowest BCUT2D eigenvalue weighted by Gasteiger charge is -2.16. The van der Waals surface area contributed by atoms with Crippen LogP contribution in [0.15, 0.2) is 56.8 Å². The van der Waals surface area contributed by atoms with Crippen molar-refractivity contribution in [3.05, 3.63) is 58.0 Å². The van der Waals surface area contributed by atoms with E-state index in [1.165, 1.54) is 37.3 Å². The van der Waals surface area contributed by atoms with Crippen molar-refractivity contribution in [2.45, 2.75) is 13.8 Å². The van der Waals surface area contributed by atoms with Crippen LogP contribution in [0, 0.1) is 0 Å². The molecular weight excluding hydrogens is 352 g/mol. The van der Waals surface area contributed by atoms with Gasteiger partial charge in [0.25, 0.3) is 23.6 Å². The van der Waals surface area contributed by atoms with Gasteiger partial charge in [0.05, 0.1) is 5.69 Å². The molecule has 1 aromatic carbocycles. The molecule has 0 fully saturated rings. The molecule has 0 radical (unpaired) electrons. The third kappa shape index (κ3) is 2.42. The molecule has 27 heavy (non-hydrogen) atoms. The first kappa shape index (κ1) is 16.6. The number of amides is 4. The molecule has 3 heterocycles. The van der Waals surface area contributed by atoms with Gasteiger partial charge in [-0.1, -0.05) is 0 Å². The minimum Gasteiger partial charge on any atom is -0.421 e. The van der Waals surface area contributed by atoms with Crippen LogP contribution in [0.4, 0.5) is 11.4 Å². The van der Waals surface area contributed by atoms with Crippen LogP contribution in [0.2, 0.25) is 0 Å². The SMILES string of the molecule is CC1=CC(=O)N(c2ccc3oc(=O)c(N4C(=O)C=C(C)C4=O)cc3c2)C1=O. The minimum absolute atomic E-state index is 0.194. The van der Waals surface area contributed by atoms with E-state index in [0.717, 1.165) is 15.9 Å². The first-order valence-corrected chi connectivity index (χ1v) is 7.99. The number of carbonyl (C=O) groups excluding carboxylic acids is 4. The van der Waals surface area contributed by atoms with E-state index in [9.17, 15) is 24.0 Å². The number of rotatable bonds is 2. The fraction of sp³-hybridized carbons (Fsp3) is 0.105. The molecule has 0 bridgehead atoms. The van der Waals surface area contributed by atoms with Crippen molar-refractivity contribution in [1.29, 1.82) is 0 Å². The number of fused-ring (bicyclic) bond motifs is 1. The van der Waals surface area contributed by atoms with Gasteiger partial charge < -0.3 is 4.42 Å². The summed E-state index contributed by atoms with van der Waals surface area (Å²) in [6.07, 6.45) is 2.37. The van der Waals surface area contributed by atoms with Crippen LogP contribution in [0.3, 0.4) is 0 Å². The highest BCUT2D eigenvalue weighted by Crippen LogP contribution is 2.28. The van der Waals surface area contributed by atoms with Crippen LogP contribution < -0.4 is 15.4 Å². The lowest BCUT2D eigenvalue weighted by Crippen LogP contribution is -2.34. The fourth-order valence-corrected chi connectivity index (χ4v) is 3.04. The summed E-state index contributed by atoms with van der Waals surface area (Å²) in [4.78, 5) is 62.4. The van der Waals surface area contributed by atoms with Gasteiger partial charge in [0.15, 0.2) is 0 Å². The van der Waals surface area contributed by atoms with Gasteiger partial charge in [0, 0.05) is 28.7 Å². The van der Waals surface area contributed by atoms with Gasteiger partial charge in [-0.05, 0) is 38.1 Å². The molecule has 0 atom stereocenters. The third-order valence-electron chi connectivity index (χ3n) is 4.40. The maximum absolute atomic E-state index is 12.2. The first-order chi connectivity index (χ1) is 12.8. The minimum atomic E-state index is -0.842. The summed E-state index contributed by atoms with van der Waals surface area (Å²) < 4.78 is 5.20. The Morgan fingerprint density at radius 2 is 1.37 bits per heavy atom. The molecular formula is C19H12N2O6. The highest BCUT2D eigenvalue weighted by Gasteiger charge is 2.33. The second kappa shape index (κ2) is 5.60. The van der Waals surface area contributed by atoms with Gasteiger partial charge in [0.1, 0.15) is 11.3 Å². The summed E-state index contributed by atoms with van der Waals surface area (Å²) in [6, 6.07) is 5.74. The Labute approximate surface area is 152 Å². The normalized spacial score (nSPS) is 17.3. The molecule has 0 aliphatic carbocycles. The number of hydrogen-bond donors (Lipinski definition) is 0. The molecule has 134 valence electrons. The van der Waals surface area contributed by atoms with Crippen molar-refractivity contribution < 1.29 is 23.6 Å². The Morgan fingerprint density at radius 1 is 0.778 bits per heavy atom. The van der Waals surface area contributed by atoms with Gasteiger partial charge in [-0.2, -0.15) is 0 Å². The molecule has 8 nitrogen and oxygen atoms in total. The maximum atomic E-state index is 12.2. The van der Waals surface area contributed by atoms with E-state index < -0.39 is 29.3 Å². The van der Waals surface area contributed by atoms with E-state index in [0.29, 0.717) is 16.6 Å². The Morgan fingerprint density at radius 3 is 1.93 bits per heavy atom. The molecule has 0 N–H and O–H groups in total. The summed E-state index contributed by atoms with van der Waals surface area (Å²) in [5.41, 5.74) is -0.0564. The Hall–Kier alpha value is -3.81. The molecule has 0 spiro atoms. The molecule has 0 saturated heterocycles. The van der Waals surface area contributed by atoms with Crippen LogP contribution >= 0.6 is 0 Å². The summed E-state index contributed by atoms with van der Waals surface area (Å²) in [5, 5.41) is 0.359. The highest BCUT2D eigenvalue weighted by molar-refractivity contribution is 6.31. The van der Waals surface area contributed by atoms with Crippen LogP contribution in [0.1, 0.15) is 13.8 Å². The summed E-state index contributed by atoms with van der Waals surface area (Å²) in [5.74, 6) is -2.15. The lowest BCUT2D eigenvalue weighted by molar-refractivity contribution is -0.121. The summed E-state index contributed by atoms with van der Waals surface area (Å²) in [7, 11) is 0.